The lowest BCUT2D eigenvalue weighted by atomic mass is 10.0. The van der Waals surface area contributed by atoms with Crippen molar-refractivity contribution in [2.45, 2.75) is 32.9 Å². The summed E-state index contributed by atoms with van der Waals surface area (Å²) in [6.07, 6.45) is 0.0138. The van der Waals surface area contributed by atoms with Crippen LogP contribution in [-0.2, 0) is 4.74 Å². The molecule has 1 aromatic carbocycles. The van der Waals surface area contributed by atoms with Crippen molar-refractivity contribution in [3.05, 3.63) is 35.4 Å². The van der Waals surface area contributed by atoms with E-state index in [2.05, 4.69) is 25.1 Å². The number of benzene rings is 1. The monoisotopic (exact) mass is 193 g/mol. The van der Waals surface area contributed by atoms with E-state index in [-0.39, 0.29) is 12.1 Å². The number of hydrogen-bond acceptors (Lipinski definition) is 2. The molecule has 14 heavy (non-hydrogen) atoms. The van der Waals surface area contributed by atoms with Gasteiger partial charge in [0.15, 0.2) is 0 Å². The van der Waals surface area contributed by atoms with Gasteiger partial charge in [-0.05, 0) is 26.3 Å². The summed E-state index contributed by atoms with van der Waals surface area (Å²) in [6, 6.07) is 8.34. The Hall–Kier alpha value is -0.860. The molecular formula is C12H19NO. The van der Waals surface area contributed by atoms with Crippen LogP contribution in [0.3, 0.4) is 0 Å². The Morgan fingerprint density at radius 2 is 2.14 bits per heavy atom. The van der Waals surface area contributed by atoms with Crippen LogP contribution in [-0.4, -0.2) is 12.6 Å². The minimum absolute atomic E-state index is 0.0138. The first kappa shape index (κ1) is 11.2. The third kappa shape index (κ3) is 2.82. The Labute approximate surface area is 86.1 Å². The minimum Gasteiger partial charge on any atom is -0.372 e. The zero-order valence-electron chi connectivity index (χ0n) is 9.16. The van der Waals surface area contributed by atoms with Gasteiger partial charge < -0.3 is 10.5 Å². The molecular weight excluding hydrogens is 174 g/mol. The molecule has 0 aliphatic heterocycles. The topological polar surface area (TPSA) is 35.2 Å². The van der Waals surface area contributed by atoms with E-state index < -0.39 is 0 Å². The first-order valence-corrected chi connectivity index (χ1v) is 5.09. The molecule has 0 saturated carbocycles. The minimum atomic E-state index is 0.0138. The molecule has 0 bridgehead atoms. The highest BCUT2D eigenvalue weighted by Gasteiger charge is 2.15. The number of hydrogen-bond donors (Lipinski definition) is 1. The largest absolute Gasteiger partial charge is 0.372 e. The number of aryl methyl sites for hydroxylation is 1. The van der Waals surface area contributed by atoms with E-state index in [1.165, 1.54) is 11.1 Å². The van der Waals surface area contributed by atoms with E-state index in [1.807, 2.05) is 19.9 Å². The SMILES string of the molecule is CCOC(c1cccc(C)c1)C(C)N. The van der Waals surface area contributed by atoms with E-state index >= 15 is 0 Å². The number of ether oxygens (including phenoxy) is 1. The maximum Gasteiger partial charge on any atom is 0.0972 e. The molecule has 0 aromatic heterocycles. The smallest absolute Gasteiger partial charge is 0.0972 e. The molecule has 0 heterocycles. The maximum atomic E-state index is 5.88. The quantitative estimate of drug-likeness (QED) is 0.797. The molecule has 0 spiro atoms. The van der Waals surface area contributed by atoms with Crippen molar-refractivity contribution in [1.82, 2.24) is 0 Å². The van der Waals surface area contributed by atoms with E-state index in [9.17, 15) is 0 Å². The molecule has 0 amide bonds. The van der Waals surface area contributed by atoms with E-state index in [0.29, 0.717) is 6.61 Å². The van der Waals surface area contributed by atoms with Crippen LogP contribution < -0.4 is 5.73 Å². The summed E-state index contributed by atoms with van der Waals surface area (Å²) in [5, 5.41) is 0. The molecule has 2 atom stereocenters. The molecule has 0 fully saturated rings. The molecule has 0 radical (unpaired) electrons. The summed E-state index contributed by atoms with van der Waals surface area (Å²) in [5.41, 5.74) is 8.29. The summed E-state index contributed by atoms with van der Waals surface area (Å²) in [4.78, 5) is 0. The Morgan fingerprint density at radius 3 is 2.64 bits per heavy atom. The van der Waals surface area contributed by atoms with Gasteiger partial charge in [-0.25, -0.2) is 0 Å². The highest BCUT2D eigenvalue weighted by atomic mass is 16.5. The van der Waals surface area contributed by atoms with Crippen molar-refractivity contribution in [1.29, 1.82) is 0 Å². The van der Waals surface area contributed by atoms with E-state index in [4.69, 9.17) is 10.5 Å². The summed E-state index contributed by atoms with van der Waals surface area (Å²) in [6.45, 7) is 6.74. The summed E-state index contributed by atoms with van der Waals surface area (Å²) in [7, 11) is 0. The highest BCUT2D eigenvalue weighted by molar-refractivity contribution is 5.25. The Kier molecular flexibility index (Phi) is 4.11. The molecule has 1 rings (SSSR count). The zero-order valence-corrected chi connectivity index (χ0v) is 9.16. The molecule has 78 valence electrons. The second-order valence-electron chi connectivity index (χ2n) is 3.65. The van der Waals surface area contributed by atoms with Gasteiger partial charge in [0.05, 0.1) is 6.10 Å². The van der Waals surface area contributed by atoms with Gasteiger partial charge in [0.1, 0.15) is 0 Å². The van der Waals surface area contributed by atoms with Crippen LogP contribution in [0.4, 0.5) is 0 Å². The summed E-state index contributed by atoms with van der Waals surface area (Å²) in [5.74, 6) is 0. The Balaban J connectivity index is 2.87. The van der Waals surface area contributed by atoms with Crippen molar-refractivity contribution in [2.24, 2.45) is 5.73 Å². The van der Waals surface area contributed by atoms with Gasteiger partial charge in [0.2, 0.25) is 0 Å². The average Bonchev–Trinajstić information content (AvgIpc) is 2.13. The summed E-state index contributed by atoms with van der Waals surface area (Å²) < 4.78 is 5.62. The van der Waals surface area contributed by atoms with Gasteiger partial charge >= 0.3 is 0 Å². The lowest BCUT2D eigenvalue weighted by molar-refractivity contribution is 0.0475. The number of nitrogens with two attached hydrogens (primary N) is 1. The van der Waals surface area contributed by atoms with E-state index in [0.717, 1.165) is 0 Å². The zero-order chi connectivity index (χ0) is 10.6. The molecule has 0 saturated heterocycles. The van der Waals surface area contributed by atoms with Crippen LogP contribution in [0, 0.1) is 6.92 Å². The average molecular weight is 193 g/mol. The normalized spacial score (nSPS) is 15.1. The second-order valence-corrected chi connectivity index (χ2v) is 3.65. The van der Waals surface area contributed by atoms with Gasteiger partial charge in [0.25, 0.3) is 0 Å². The van der Waals surface area contributed by atoms with Crippen molar-refractivity contribution in [2.75, 3.05) is 6.61 Å². The predicted molar refractivity (Wildman–Crippen MR) is 59.2 cm³/mol. The second kappa shape index (κ2) is 5.13. The van der Waals surface area contributed by atoms with Crippen LogP contribution in [0.5, 0.6) is 0 Å². The summed E-state index contributed by atoms with van der Waals surface area (Å²) >= 11 is 0. The maximum absolute atomic E-state index is 5.88. The van der Waals surface area contributed by atoms with Crippen LogP contribution >= 0.6 is 0 Å². The predicted octanol–water partition coefficient (Wildman–Crippen LogP) is 2.42. The van der Waals surface area contributed by atoms with Gasteiger partial charge in [-0.3, -0.25) is 0 Å². The lowest BCUT2D eigenvalue weighted by Crippen LogP contribution is -2.27. The van der Waals surface area contributed by atoms with E-state index in [1.54, 1.807) is 0 Å². The molecule has 2 N–H and O–H groups in total. The fourth-order valence-electron chi connectivity index (χ4n) is 1.58. The fourth-order valence-corrected chi connectivity index (χ4v) is 1.58. The lowest BCUT2D eigenvalue weighted by Gasteiger charge is -2.21. The van der Waals surface area contributed by atoms with Crippen molar-refractivity contribution >= 4 is 0 Å². The van der Waals surface area contributed by atoms with Crippen LogP contribution in [0.25, 0.3) is 0 Å². The molecule has 0 aliphatic carbocycles. The van der Waals surface area contributed by atoms with Gasteiger partial charge in [-0.15, -0.1) is 0 Å². The highest BCUT2D eigenvalue weighted by Crippen LogP contribution is 2.20. The van der Waals surface area contributed by atoms with Crippen LogP contribution in [0.1, 0.15) is 31.1 Å². The van der Waals surface area contributed by atoms with Crippen molar-refractivity contribution in [3.63, 3.8) is 0 Å². The third-order valence-corrected chi connectivity index (χ3v) is 2.19. The molecule has 0 aliphatic rings. The Morgan fingerprint density at radius 1 is 1.43 bits per heavy atom. The van der Waals surface area contributed by atoms with Gasteiger partial charge in [-0.2, -0.15) is 0 Å². The fraction of sp³-hybridized carbons (Fsp3) is 0.500. The molecule has 2 nitrogen and oxygen atoms in total. The standard InChI is InChI=1S/C12H19NO/c1-4-14-12(10(3)13)11-7-5-6-9(2)8-11/h5-8,10,12H,4,13H2,1-3H3. The Bertz CT molecular complexity index is 283. The first-order valence-electron chi connectivity index (χ1n) is 5.09. The molecule has 1 aromatic rings. The van der Waals surface area contributed by atoms with Crippen molar-refractivity contribution in [3.8, 4) is 0 Å². The van der Waals surface area contributed by atoms with Crippen LogP contribution in [0.15, 0.2) is 24.3 Å². The van der Waals surface area contributed by atoms with Crippen LogP contribution in [0.2, 0.25) is 0 Å². The first-order chi connectivity index (χ1) is 6.65. The molecule has 2 unspecified atom stereocenters. The van der Waals surface area contributed by atoms with Gasteiger partial charge in [0, 0.05) is 12.6 Å². The van der Waals surface area contributed by atoms with Crippen molar-refractivity contribution < 1.29 is 4.74 Å². The third-order valence-electron chi connectivity index (χ3n) is 2.19. The number of rotatable bonds is 4. The van der Waals surface area contributed by atoms with Gasteiger partial charge in [-0.1, -0.05) is 29.8 Å². The molecule has 2 heteroatoms.